The minimum Gasteiger partial charge on any atom is -0.480 e. The highest BCUT2D eigenvalue weighted by molar-refractivity contribution is 5.95. The fraction of sp³-hybridized carbons (Fsp3) is 0.650. The Hall–Kier alpha value is -3.75. The van der Waals surface area contributed by atoms with E-state index < -0.39 is 72.0 Å². The number of carboxylic acids is 1. The summed E-state index contributed by atoms with van der Waals surface area (Å²) in [4.78, 5) is 82.5. The molecule has 4 atom stereocenters. The average Bonchev–Trinajstić information content (AvgIpc) is 2.72. The van der Waals surface area contributed by atoms with Crippen molar-refractivity contribution in [3.05, 3.63) is 0 Å². The van der Waals surface area contributed by atoms with E-state index >= 15 is 0 Å². The van der Waals surface area contributed by atoms with Gasteiger partial charge in [-0.3, -0.25) is 28.8 Å². The second-order valence-electron chi connectivity index (χ2n) is 8.44. The summed E-state index contributed by atoms with van der Waals surface area (Å²) in [6.45, 7) is 3.49. The summed E-state index contributed by atoms with van der Waals surface area (Å²) < 4.78 is 0. The average molecular weight is 502 g/mol. The van der Waals surface area contributed by atoms with Crippen LogP contribution in [0.2, 0.25) is 0 Å². The Balaban J connectivity index is 5.57. The highest BCUT2D eigenvalue weighted by Gasteiger charge is 2.31. The molecule has 0 aromatic heterocycles. The number of carbonyl (C=O) groups is 7. The lowest BCUT2D eigenvalue weighted by Crippen LogP contribution is -2.57. The summed E-state index contributed by atoms with van der Waals surface area (Å²) in [7, 11) is 0. The van der Waals surface area contributed by atoms with E-state index in [9.17, 15) is 38.7 Å². The van der Waals surface area contributed by atoms with Gasteiger partial charge >= 0.3 is 5.97 Å². The van der Waals surface area contributed by atoms with Gasteiger partial charge in [-0.15, -0.1) is 0 Å². The van der Waals surface area contributed by atoms with Gasteiger partial charge in [0.15, 0.2) is 0 Å². The van der Waals surface area contributed by atoms with Crippen molar-refractivity contribution in [2.24, 2.45) is 28.9 Å². The summed E-state index contributed by atoms with van der Waals surface area (Å²) in [5.41, 5.74) is 20.9. The molecule has 198 valence electrons. The molecule has 0 radical (unpaired) electrons. The predicted octanol–water partition coefficient (Wildman–Crippen LogP) is -3.69. The largest absolute Gasteiger partial charge is 0.480 e. The third-order valence-electron chi connectivity index (χ3n) is 4.71. The van der Waals surface area contributed by atoms with Crippen molar-refractivity contribution in [2.75, 3.05) is 0 Å². The van der Waals surface area contributed by atoms with E-state index in [-0.39, 0.29) is 38.0 Å². The summed E-state index contributed by atoms with van der Waals surface area (Å²) in [5.74, 6) is -6.55. The number of hydrogen-bond acceptors (Lipinski definition) is 8. The Morgan fingerprint density at radius 1 is 0.686 bits per heavy atom. The van der Waals surface area contributed by atoms with Crippen molar-refractivity contribution < 1.29 is 38.7 Å². The first-order chi connectivity index (χ1) is 16.1. The first kappa shape index (κ1) is 31.2. The molecule has 0 aromatic rings. The lowest BCUT2D eigenvalue weighted by Gasteiger charge is -2.26. The number of nitrogens with two attached hydrogens (primary N) is 4. The van der Waals surface area contributed by atoms with Crippen molar-refractivity contribution in [1.82, 2.24) is 16.0 Å². The van der Waals surface area contributed by atoms with Gasteiger partial charge in [-0.2, -0.15) is 0 Å². The minimum atomic E-state index is -1.61. The molecule has 0 aliphatic rings. The first-order valence-electron chi connectivity index (χ1n) is 10.9. The van der Waals surface area contributed by atoms with Gasteiger partial charge in [-0.25, -0.2) is 4.79 Å². The van der Waals surface area contributed by atoms with E-state index in [0.717, 1.165) is 0 Å². The highest BCUT2D eigenvalue weighted by atomic mass is 16.4. The van der Waals surface area contributed by atoms with Crippen LogP contribution in [-0.2, 0) is 33.6 Å². The zero-order valence-corrected chi connectivity index (χ0v) is 19.7. The maximum atomic E-state index is 12.9. The van der Waals surface area contributed by atoms with E-state index in [0.29, 0.717) is 0 Å². The number of rotatable bonds is 17. The third-order valence-corrected chi connectivity index (χ3v) is 4.71. The SMILES string of the molecule is CC(C)CC(NC(=O)C(CCC(N)=O)NC(=O)C(N)CCC(N)=O)C(=O)NC(CC(N)=O)C(=O)O. The maximum absolute atomic E-state index is 12.9. The summed E-state index contributed by atoms with van der Waals surface area (Å²) >= 11 is 0. The van der Waals surface area contributed by atoms with Crippen LogP contribution >= 0.6 is 0 Å². The molecule has 35 heavy (non-hydrogen) atoms. The number of aliphatic carboxylic acids is 1. The van der Waals surface area contributed by atoms with Crippen molar-refractivity contribution in [3.8, 4) is 0 Å². The molecule has 0 heterocycles. The van der Waals surface area contributed by atoms with Gasteiger partial charge in [-0.1, -0.05) is 13.8 Å². The van der Waals surface area contributed by atoms with Gasteiger partial charge in [0.2, 0.25) is 35.4 Å². The number of amides is 6. The van der Waals surface area contributed by atoms with Crippen LogP contribution in [0.4, 0.5) is 0 Å². The van der Waals surface area contributed by atoms with Crippen molar-refractivity contribution in [2.45, 2.75) is 76.5 Å². The molecular formula is C20H35N7O8. The van der Waals surface area contributed by atoms with Crippen molar-refractivity contribution in [1.29, 1.82) is 0 Å². The molecule has 0 saturated heterocycles. The fourth-order valence-corrected chi connectivity index (χ4v) is 2.91. The molecule has 6 amide bonds. The second kappa shape index (κ2) is 15.2. The van der Waals surface area contributed by atoms with Crippen molar-refractivity contribution in [3.63, 3.8) is 0 Å². The number of carbonyl (C=O) groups excluding carboxylic acids is 6. The standard InChI is InChI=1S/C20H35N7O8/c1-9(2)7-12(19(33)27-13(20(34)35)8-16(24)30)26-18(32)11(4-6-15(23)29)25-17(31)10(21)3-5-14(22)28/h9-13H,3-8,21H2,1-2H3,(H2,22,28)(H2,23,29)(H2,24,30)(H,25,31)(H,26,32)(H,27,33)(H,34,35). The van der Waals surface area contributed by atoms with Crippen molar-refractivity contribution >= 4 is 41.4 Å². The van der Waals surface area contributed by atoms with Crippen LogP contribution in [0.1, 0.15) is 52.4 Å². The zero-order chi connectivity index (χ0) is 27.3. The molecule has 0 saturated carbocycles. The number of nitrogens with one attached hydrogen (secondary N) is 3. The van der Waals surface area contributed by atoms with E-state index in [1.807, 2.05) is 0 Å². The third kappa shape index (κ3) is 13.5. The normalized spacial score (nSPS) is 14.2. The molecule has 12 N–H and O–H groups in total. The van der Waals surface area contributed by atoms with Gasteiger partial charge in [0.25, 0.3) is 0 Å². The van der Waals surface area contributed by atoms with Crippen LogP contribution in [-0.4, -0.2) is 70.7 Å². The van der Waals surface area contributed by atoms with Crippen LogP contribution in [0.15, 0.2) is 0 Å². The van der Waals surface area contributed by atoms with E-state index in [1.54, 1.807) is 13.8 Å². The Bertz CT molecular complexity index is 817. The second-order valence-corrected chi connectivity index (χ2v) is 8.44. The summed E-state index contributed by atoms with van der Waals surface area (Å²) in [5, 5.41) is 16.1. The molecule has 0 spiro atoms. The topological polar surface area (TPSA) is 280 Å². The first-order valence-corrected chi connectivity index (χ1v) is 10.9. The van der Waals surface area contributed by atoms with Gasteiger partial charge in [-0.05, 0) is 25.2 Å². The van der Waals surface area contributed by atoms with E-state index in [2.05, 4.69) is 16.0 Å². The Kier molecular flexibility index (Phi) is 13.6. The smallest absolute Gasteiger partial charge is 0.326 e. The lowest BCUT2D eigenvalue weighted by atomic mass is 10.0. The molecule has 0 aliphatic heterocycles. The van der Waals surface area contributed by atoms with Gasteiger partial charge in [0.05, 0.1) is 12.5 Å². The highest BCUT2D eigenvalue weighted by Crippen LogP contribution is 2.08. The van der Waals surface area contributed by atoms with Crippen LogP contribution in [0.3, 0.4) is 0 Å². The minimum absolute atomic E-state index is 0.0785. The molecule has 0 aliphatic carbocycles. The van der Waals surface area contributed by atoms with Crippen LogP contribution < -0.4 is 38.9 Å². The van der Waals surface area contributed by atoms with Crippen LogP contribution in [0.25, 0.3) is 0 Å². The van der Waals surface area contributed by atoms with Crippen LogP contribution in [0, 0.1) is 5.92 Å². The molecule has 0 fully saturated rings. The van der Waals surface area contributed by atoms with Crippen LogP contribution in [0.5, 0.6) is 0 Å². The molecule has 0 bridgehead atoms. The molecule has 0 rings (SSSR count). The summed E-state index contributed by atoms with van der Waals surface area (Å²) in [6, 6.07) is -5.35. The fourth-order valence-electron chi connectivity index (χ4n) is 2.91. The number of carboxylic acid groups (broad SMARTS) is 1. The number of hydrogen-bond donors (Lipinski definition) is 8. The Morgan fingerprint density at radius 2 is 1.14 bits per heavy atom. The molecule has 4 unspecified atom stereocenters. The van der Waals surface area contributed by atoms with Gasteiger partial charge in [0, 0.05) is 12.8 Å². The molecular weight excluding hydrogens is 466 g/mol. The number of primary amides is 3. The van der Waals surface area contributed by atoms with Gasteiger partial charge < -0.3 is 44.0 Å². The maximum Gasteiger partial charge on any atom is 0.326 e. The quantitative estimate of drug-likeness (QED) is 0.0971. The lowest BCUT2D eigenvalue weighted by molar-refractivity contribution is -0.144. The molecule has 0 aromatic carbocycles. The zero-order valence-electron chi connectivity index (χ0n) is 19.7. The van der Waals surface area contributed by atoms with E-state index in [1.165, 1.54) is 0 Å². The molecule has 15 heteroatoms. The predicted molar refractivity (Wildman–Crippen MR) is 122 cm³/mol. The Labute approximate surface area is 202 Å². The summed E-state index contributed by atoms with van der Waals surface area (Å²) in [6.07, 6.45) is -1.33. The molecule has 15 nitrogen and oxygen atoms in total. The van der Waals surface area contributed by atoms with Gasteiger partial charge in [0.1, 0.15) is 18.1 Å². The van der Waals surface area contributed by atoms with E-state index in [4.69, 9.17) is 22.9 Å². The monoisotopic (exact) mass is 501 g/mol. The Morgan fingerprint density at radius 3 is 1.60 bits per heavy atom.